The minimum atomic E-state index is -3.17. The molecule has 0 aliphatic carbocycles. The molecule has 232 valence electrons. The molecule has 0 spiro atoms. The van der Waals surface area contributed by atoms with Crippen molar-refractivity contribution in [2.45, 2.75) is 105 Å². The van der Waals surface area contributed by atoms with Crippen LogP contribution < -0.4 is 19.9 Å². The van der Waals surface area contributed by atoms with E-state index in [1.54, 1.807) is 13.0 Å². The second-order valence-electron chi connectivity index (χ2n) is 11.6. The van der Waals surface area contributed by atoms with Crippen molar-refractivity contribution < 1.29 is 27.8 Å². The smallest absolute Gasteiger partial charge is 0.265 e. The molecule has 2 aromatic carbocycles. The van der Waals surface area contributed by atoms with Crippen molar-refractivity contribution in [3.05, 3.63) is 46.0 Å². The lowest BCUT2D eigenvalue weighted by Crippen LogP contribution is -2.33. The fraction of sp³-hybridized carbons (Fsp3) is 0.581. The Labute approximate surface area is 252 Å². The van der Waals surface area contributed by atoms with Crippen molar-refractivity contribution >= 4 is 33.2 Å². The Hall–Kier alpha value is -2.49. The van der Waals surface area contributed by atoms with Crippen molar-refractivity contribution in [3.63, 3.8) is 0 Å². The number of nitrogens with one attached hydrogen (secondary N) is 1. The average Bonchev–Trinajstić information content (AvgIpc) is 2.90. The molecule has 0 aromatic heterocycles. The Morgan fingerprint density at radius 3 is 2.10 bits per heavy atom. The van der Waals surface area contributed by atoms with Crippen LogP contribution in [0.15, 0.2) is 24.3 Å². The largest absolute Gasteiger partial charge is 0.504 e. The highest BCUT2D eigenvalue weighted by Gasteiger charge is 2.29. The van der Waals surface area contributed by atoms with Crippen LogP contribution in [-0.4, -0.2) is 38.4 Å². The first-order chi connectivity index (χ1) is 18.8. The molecule has 0 radical (unpaired) electrons. The Balaban J connectivity index is 0.00000154. The van der Waals surface area contributed by atoms with Gasteiger partial charge in [0.05, 0.1) is 23.6 Å². The summed E-state index contributed by atoms with van der Waals surface area (Å²) in [7, 11) is -3.17. The fourth-order valence-corrected chi connectivity index (χ4v) is 4.03. The molecule has 2 aromatic rings. The number of sulfonamides is 1. The molecule has 1 unspecified atom stereocenters. The molecule has 2 rings (SSSR count). The van der Waals surface area contributed by atoms with Crippen LogP contribution in [0.4, 0.5) is 5.69 Å². The van der Waals surface area contributed by atoms with E-state index in [1.807, 2.05) is 19.9 Å². The highest BCUT2D eigenvalue weighted by Crippen LogP contribution is 2.41. The minimum Gasteiger partial charge on any atom is -0.504 e. The minimum absolute atomic E-state index is 0.0401. The van der Waals surface area contributed by atoms with Crippen LogP contribution in [0.1, 0.15) is 97.8 Å². The number of carbonyl (C=O) groups is 1. The van der Waals surface area contributed by atoms with E-state index in [4.69, 9.17) is 21.1 Å². The fourth-order valence-electron chi connectivity index (χ4n) is 3.83. The second kappa shape index (κ2) is 15.1. The van der Waals surface area contributed by atoms with Gasteiger partial charge in [-0.15, -0.1) is 0 Å². The number of hydrogen-bond donors (Lipinski definition) is 3. The van der Waals surface area contributed by atoms with Crippen LogP contribution >= 0.6 is 11.6 Å². The van der Waals surface area contributed by atoms with Crippen LogP contribution in [0.25, 0.3) is 0 Å². The number of phenols is 1. The average molecular weight is 613 g/mol. The van der Waals surface area contributed by atoms with Gasteiger partial charge < -0.3 is 19.9 Å². The molecule has 1 amide bonds. The first-order valence-corrected chi connectivity index (χ1v) is 16.4. The number of aromatic hydroxyl groups is 1. The monoisotopic (exact) mass is 612 g/mol. The van der Waals surface area contributed by atoms with Gasteiger partial charge in [-0.3, -0.25) is 4.79 Å². The summed E-state index contributed by atoms with van der Waals surface area (Å²) in [5.41, 5.74) is 3.09. The van der Waals surface area contributed by atoms with E-state index in [2.05, 4.69) is 64.1 Å². The molecule has 1 atom stereocenters. The van der Waals surface area contributed by atoms with Crippen molar-refractivity contribution in [1.82, 2.24) is 0 Å². The number of halogens is 1. The van der Waals surface area contributed by atoms with Crippen LogP contribution in [0.3, 0.4) is 0 Å². The predicted octanol–water partition coefficient (Wildman–Crippen LogP) is 7.22. The van der Waals surface area contributed by atoms with Gasteiger partial charge in [0.25, 0.3) is 5.91 Å². The molecule has 0 aliphatic heterocycles. The van der Waals surface area contributed by atoms with Crippen molar-refractivity contribution in [2.24, 2.45) is 5.14 Å². The van der Waals surface area contributed by atoms with Gasteiger partial charge in [-0.25, -0.2) is 13.6 Å². The second-order valence-corrected chi connectivity index (χ2v) is 13.6. The van der Waals surface area contributed by atoms with E-state index < -0.39 is 16.1 Å². The number of anilines is 1. The molecule has 0 heterocycles. The zero-order valence-electron chi connectivity index (χ0n) is 26.3. The zero-order chi connectivity index (χ0) is 31.8. The number of primary sulfonamides is 1. The zero-order valence-corrected chi connectivity index (χ0v) is 27.8. The number of hydrogen-bond acceptors (Lipinski definition) is 6. The molecule has 0 saturated heterocycles. The predicted molar refractivity (Wildman–Crippen MR) is 169 cm³/mol. The van der Waals surface area contributed by atoms with Gasteiger partial charge in [0.2, 0.25) is 10.0 Å². The maximum absolute atomic E-state index is 13.3. The molecule has 10 heteroatoms. The number of benzene rings is 2. The van der Waals surface area contributed by atoms with E-state index in [1.165, 1.54) is 5.56 Å². The van der Waals surface area contributed by atoms with Crippen LogP contribution in [-0.2, 0) is 25.6 Å². The summed E-state index contributed by atoms with van der Waals surface area (Å²) in [6, 6.07) is 7.94. The summed E-state index contributed by atoms with van der Waals surface area (Å²) in [6.07, 6.45) is 3.42. The molecule has 0 saturated carbocycles. The van der Waals surface area contributed by atoms with E-state index in [9.17, 15) is 18.3 Å². The third-order valence-corrected chi connectivity index (χ3v) is 7.81. The van der Waals surface area contributed by atoms with Crippen LogP contribution in [0, 0.1) is 6.92 Å². The molecule has 0 bridgehead atoms. The molecule has 4 N–H and O–H groups in total. The summed E-state index contributed by atoms with van der Waals surface area (Å²) in [5.74, 6) is 0.704. The number of carbonyl (C=O) groups excluding carboxylic acids is 1. The SMILES string of the molecule is CCCOc1cc(NC(=O)C(CC)Oc2ccc(C(C)(C)CC)cc2C(C)(C)CC)c(O)c(Cl)c1C.CS(N)(=O)=O. The summed E-state index contributed by atoms with van der Waals surface area (Å²) in [4.78, 5) is 13.3. The summed E-state index contributed by atoms with van der Waals surface area (Å²) < 4.78 is 30.9. The Morgan fingerprint density at radius 2 is 1.61 bits per heavy atom. The lowest BCUT2D eigenvalue weighted by molar-refractivity contribution is -0.122. The standard InChI is InChI=1S/C30H44ClNO4.CH5NO2S/c1-10-16-35-25-18-22(27(33)26(31)19(25)5)32-28(34)23(11-2)36-24-15-14-20(29(6,7)12-3)17-21(24)30(8,9)13-4;1-5(2,3)4/h14-15,17-18,23,33H,10-13,16H2,1-9H3,(H,32,34);1H3,(H2,2,3,4). The molecule has 0 aliphatic rings. The molecule has 41 heavy (non-hydrogen) atoms. The van der Waals surface area contributed by atoms with E-state index >= 15 is 0 Å². The van der Waals surface area contributed by atoms with Gasteiger partial charge in [0.15, 0.2) is 11.9 Å². The quantitative estimate of drug-likeness (QED) is 0.217. The lowest BCUT2D eigenvalue weighted by Gasteiger charge is -2.31. The first kappa shape index (κ1) is 36.5. The number of phenolic OH excluding ortho intramolecular Hbond substituents is 1. The van der Waals surface area contributed by atoms with Gasteiger partial charge in [-0.2, -0.15) is 0 Å². The maximum atomic E-state index is 13.3. The van der Waals surface area contributed by atoms with Gasteiger partial charge in [0.1, 0.15) is 11.5 Å². The van der Waals surface area contributed by atoms with Gasteiger partial charge in [-0.1, -0.05) is 79.1 Å². The van der Waals surface area contributed by atoms with Crippen molar-refractivity contribution in [3.8, 4) is 17.2 Å². The number of rotatable bonds is 12. The lowest BCUT2D eigenvalue weighted by atomic mass is 9.76. The maximum Gasteiger partial charge on any atom is 0.265 e. The normalized spacial score (nSPS) is 12.7. The van der Waals surface area contributed by atoms with E-state index in [0.717, 1.165) is 31.1 Å². The van der Waals surface area contributed by atoms with Crippen LogP contribution in [0.2, 0.25) is 5.02 Å². The Kier molecular flexibility index (Phi) is 13.5. The highest BCUT2D eigenvalue weighted by molar-refractivity contribution is 7.88. The number of nitrogens with two attached hydrogens (primary N) is 1. The summed E-state index contributed by atoms with van der Waals surface area (Å²) in [5, 5.41) is 17.9. The van der Waals surface area contributed by atoms with Crippen LogP contribution in [0.5, 0.6) is 17.2 Å². The van der Waals surface area contributed by atoms with E-state index in [0.29, 0.717) is 30.1 Å². The molecule has 0 fully saturated rings. The number of ether oxygens (including phenoxy) is 2. The molecule has 8 nitrogen and oxygen atoms in total. The summed E-state index contributed by atoms with van der Waals surface area (Å²) >= 11 is 6.33. The third-order valence-electron chi connectivity index (χ3n) is 7.35. The summed E-state index contributed by atoms with van der Waals surface area (Å²) in [6.45, 7) is 19.4. The van der Waals surface area contributed by atoms with Gasteiger partial charge >= 0.3 is 0 Å². The Morgan fingerprint density at radius 1 is 1.05 bits per heavy atom. The first-order valence-electron chi connectivity index (χ1n) is 14.1. The van der Waals surface area contributed by atoms with E-state index in [-0.39, 0.29) is 33.2 Å². The van der Waals surface area contributed by atoms with Crippen molar-refractivity contribution in [1.29, 1.82) is 0 Å². The van der Waals surface area contributed by atoms with Gasteiger partial charge in [0, 0.05) is 17.2 Å². The van der Waals surface area contributed by atoms with Crippen molar-refractivity contribution in [2.75, 3.05) is 18.2 Å². The topological polar surface area (TPSA) is 128 Å². The third kappa shape index (κ3) is 10.7. The Bertz CT molecular complexity index is 1280. The molecular formula is C31H49ClN2O6S. The highest BCUT2D eigenvalue weighted by atomic mass is 35.5. The molecular weight excluding hydrogens is 564 g/mol. The number of amides is 1. The van der Waals surface area contributed by atoms with Gasteiger partial charge in [-0.05, 0) is 55.1 Å².